The Morgan fingerprint density at radius 1 is 0.878 bits per heavy atom. The van der Waals surface area contributed by atoms with Crippen molar-refractivity contribution in [2.75, 3.05) is 0 Å². The normalized spacial score (nSPS) is 32.1. The van der Waals surface area contributed by atoms with Crippen molar-refractivity contribution in [3.8, 4) is 0 Å². The van der Waals surface area contributed by atoms with Crippen LogP contribution in [0.4, 0.5) is 0 Å². The van der Waals surface area contributed by atoms with Crippen LogP contribution in [-0.2, 0) is 47.7 Å². The van der Waals surface area contributed by atoms with E-state index in [1.165, 1.54) is 31.2 Å². The zero-order valence-electron chi connectivity index (χ0n) is 29.0. The Morgan fingerprint density at radius 2 is 1.43 bits per heavy atom. The highest BCUT2D eigenvalue weighted by atomic mass is 16.6. The molecule has 1 unspecified atom stereocenters. The molecule has 268 valence electrons. The van der Waals surface area contributed by atoms with Crippen LogP contribution in [0.15, 0.2) is 54.6 Å². The van der Waals surface area contributed by atoms with Crippen LogP contribution in [0.25, 0.3) is 0 Å². The monoisotopic (exact) mass is 686 g/mol. The second-order valence-corrected chi connectivity index (χ2v) is 13.5. The average molecular weight is 687 g/mol. The summed E-state index contributed by atoms with van der Waals surface area (Å²) in [5.74, 6) is -8.39. The quantitative estimate of drug-likeness (QED) is 0.242. The molecule has 0 radical (unpaired) electrons. The molecular formula is C36H46O13. The van der Waals surface area contributed by atoms with Crippen LogP contribution in [0.1, 0.15) is 72.2 Å². The maximum absolute atomic E-state index is 14.2. The first-order valence-corrected chi connectivity index (χ1v) is 16.0. The van der Waals surface area contributed by atoms with Gasteiger partial charge in [0.2, 0.25) is 0 Å². The molecule has 0 saturated heterocycles. The van der Waals surface area contributed by atoms with Gasteiger partial charge >= 0.3 is 29.8 Å². The van der Waals surface area contributed by atoms with E-state index < -0.39 is 107 Å². The number of hydrogen-bond acceptors (Lipinski definition) is 13. The van der Waals surface area contributed by atoms with Crippen molar-refractivity contribution in [1.29, 1.82) is 0 Å². The largest absolute Gasteiger partial charge is 0.458 e. The Balaban J connectivity index is 2.32. The molecule has 1 fully saturated rings. The Labute approximate surface area is 285 Å². The smallest absolute Gasteiger partial charge is 0.338 e. The molecular weight excluding hydrogens is 640 g/mol. The van der Waals surface area contributed by atoms with E-state index in [0.717, 1.165) is 20.8 Å². The third kappa shape index (κ3) is 8.82. The number of hydrogen-bond donors (Lipinski definition) is 2. The van der Waals surface area contributed by atoms with Crippen molar-refractivity contribution in [2.45, 2.75) is 104 Å². The molecule has 49 heavy (non-hydrogen) atoms. The van der Waals surface area contributed by atoms with Gasteiger partial charge in [-0.25, -0.2) is 4.79 Å². The summed E-state index contributed by atoms with van der Waals surface area (Å²) in [5.41, 5.74) is -3.98. The molecule has 0 bridgehead atoms. The number of esters is 5. The molecule has 13 heteroatoms. The summed E-state index contributed by atoms with van der Waals surface area (Å²) in [6.07, 6.45) is -7.36. The van der Waals surface area contributed by atoms with E-state index in [-0.39, 0.29) is 11.1 Å². The Hall–Kier alpha value is -4.36. The van der Waals surface area contributed by atoms with Gasteiger partial charge in [-0.05, 0) is 17.7 Å². The van der Waals surface area contributed by atoms with Gasteiger partial charge in [-0.2, -0.15) is 0 Å². The lowest BCUT2D eigenvalue weighted by molar-refractivity contribution is -0.181. The predicted molar refractivity (Wildman–Crippen MR) is 172 cm³/mol. The highest BCUT2D eigenvalue weighted by Gasteiger charge is 2.64. The third-order valence-electron chi connectivity index (χ3n) is 8.73. The molecule has 0 heterocycles. The maximum atomic E-state index is 14.2. The van der Waals surface area contributed by atoms with Gasteiger partial charge in [0.1, 0.15) is 17.8 Å². The van der Waals surface area contributed by atoms with Crippen LogP contribution >= 0.6 is 0 Å². The van der Waals surface area contributed by atoms with Crippen molar-refractivity contribution in [2.24, 2.45) is 23.2 Å². The Morgan fingerprint density at radius 3 is 1.96 bits per heavy atom. The van der Waals surface area contributed by atoms with Crippen LogP contribution in [0.5, 0.6) is 0 Å². The van der Waals surface area contributed by atoms with Gasteiger partial charge in [-0.3, -0.25) is 24.0 Å². The van der Waals surface area contributed by atoms with Gasteiger partial charge < -0.3 is 33.9 Å². The molecule has 1 saturated carbocycles. The third-order valence-corrected chi connectivity index (χ3v) is 8.73. The molecule has 9 atom stereocenters. The summed E-state index contributed by atoms with van der Waals surface area (Å²) in [6.45, 7) is 15.0. The molecule has 0 aromatic heterocycles. The zero-order valence-corrected chi connectivity index (χ0v) is 29.0. The van der Waals surface area contributed by atoms with Gasteiger partial charge in [-0.15, -0.1) is 0 Å². The van der Waals surface area contributed by atoms with Crippen molar-refractivity contribution in [1.82, 2.24) is 0 Å². The summed E-state index contributed by atoms with van der Waals surface area (Å²) in [4.78, 5) is 77.9. The van der Waals surface area contributed by atoms with E-state index in [2.05, 4.69) is 6.58 Å². The minimum Gasteiger partial charge on any atom is -0.458 e. The van der Waals surface area contributed by atoms with Gasteiger partial charge in [0, 0.05) is 38.5 Å². The van der Waals surface area contributed by atoms with E-state index in [9.17, 15) is 39.0 Å². The van der Waals surface area contributed by atoms with Crippen molar-refractivity contribution in [3.63, 3.8) is 0 Å². The van der Waals surface area contributed by atoms with Crippen molar-refractivity contribution in [3.05, 3.63) is 60.2 Å². The molecule has 3 rings (SSSR count). The van der Waals surface area contributed by atoms with Gasteiger partial charge in [-0.1, -0.05) is 71.5 Å². The molecule has 2 aliphatic carbocycles. The molecule has 1 aromatic carbocycles. The zero-order chi connectivity index (χ0) is 37.0. The number of aliphatic hydroxyl groups is 2. The summed E-state index contributed by atoms with van der Waals surface area (Å²) in [5, 5.41) is 24.3. The first-order valence-electron chi connectivity index (χ1n) is 16.0. The Bertz CT molecular complexity index is 1480. The van der Waals surface area contributed by atoms with E-state index in [1.807, 2.05) is 0 Å². The molecule has 2 aliphatic rings. The minimum absolute atomic E-state index is 0.156. The summed E-state index contributed by atoms with van der Waals surface area (Å²) >= 11 is 0. The predicted octanol–water partition coefficient (Wildman–Crippen LogP) is 3.04. The van der Waals surface area contributed by atoms with E-state index in [1.54, 1.807) is 45.9 Å². The lowest BCUT2D eigenvalue weighted by atomic mass is 9.72. The van der Waals surface area contributed by atoms with Gasteiger partial charge in [0.25, 0.3) is 0 Å². The molecule has 13 nitrogen and oxygen atoms in total. The van der Waals surface area contributed by atoms with Crippen molar-refractivity contribution >= 4 is 35.6 Å². The molecule has 2 N–H and O–H groups in total. The number of Topliss-reactive ketones (excluding diaryl/α,β-unsaturated/α-hetero) is 1. The van der Waals surface area contributed by atoms with E-state index in [0.29, 0.717) is 0 Å². The topological polar surface area (TPSA) is 189 Å². The number of rotatable bonds is 7. The van der Waals surface area contributed by atoms with Gasteiger partial charge in [0.15, 0.2) is 24.1 Å². The van der Waals surface area contributed by atoms with Gasteiger partial charge in [0.05, 0.1) is 23.5 Å². The number of fused-ring (bicyclic) bond motifs is 1. The highest BCUT2D eigenvalue weighted by molar-refractivity contribution is 5.92. The van der Waals surface area contributed by atoms with Crippen LogP contribution in [0.2, 0.25) is 0 Å². The van der Waals surface area contributed by atoms with Crippen molar-refractivity contribution < 1.29 is 62.7 Å². The number of carbonyl (C=O) groups excluding carboxylic acids is 6. The number of ether oxygens (including phenoxy) is 5. The fraction of sp³-hybridized carbons (Fsp3) is 0.556. The SMILES string of the molecule is C=C1C(O)[C@H]2[C@@H](OC(C)=O)[C@H](OC(=O)C(C)C)C[C@]2(O)C(=O)[C@@H](C)/C=C/C(C)(C)[C@H](OC(=O)c2ccccc2)[C@@H](OC(C)=O)[C@H]1OC(C)=O. The second kappa shape index (κ2) is 15.5. The van der Waals surface area contributed by atoms with Crippen LogP contribution in [-0.4, -0.2) is 88.1 Å². The maximum Gasteiger partial charge on any atom is 0.338 e. The standard InChI is InChI=1S/C36H46O13/c1-18(2)33(42)48-25-17-36(44)26(29(25)46-22(6)38)27(40)20(4)28(45-21(5)37)30(47-23(7)39)32(35(8,9)16-15-19(3)31(36)41)49-34(43)24-13-11-10-12-14-24/h10-16,18-19,25-30,32,40,44H,4,17H2,1-3,5-9H3/b16-15+/t19-,25+,26-,27?,28-,29-,30-,32+,36+/m0/s1. The number of aliphatic hydroxyl groups excluding tert-OH is 1. The summed E-state index contributed by atoms with van der Waals surface area (Å²) in [6, 6.07) is 7.95. The number of carbonyl (C=O) groups is 6. The van der Waals surface area contributed by atoms with Crippen LogP contribution in [0.3, 0.4) is 0 Å². The summed E-state index contributed by atoms with van der Waals surface area (Å²) in [7, 11) is 0. The average Bonchev–Trinajstić information content (AvgIpc) is 3.29. The Kier molecular flexibility index (Phi) is 12.3. The van der Waals surface area contributed by atoms with E-state index in [4.69, 9.17) is 23.7 Å². The summed E-state index contributed by atoms with van der Waals surface area (Å²) < 4.78 is 28.4. The number of ketones is 1. The number of benzene rings is 1. The molecule has 0 aliphatic heterocycles. The second-order valence-electron chi connectivity index (χ2n) is 13.5. The molecule has 1 aromatic rings. The lowest BCUT2D eigenvalue weighted by Gasteiger charge is -2.43. The van der Waals surface area contributed by atoms with Crippen LogP contribution in [0, 0.1) is 23.2 Å². The first-order chi connectivity index (χ1) is 22.7. The fourth-order valence-electron chi connectivity index (χ4n) is 6.28. The first kappa shape index (κ1) is 39.1. The lowest BCUT2D eigenvalue weighted by Crippen LogP contribution is -2.57. The molecule has 0 amide bonds. The van der Waals surface area contributed by atoms with Crippen LogP contribution < -0.4 is 0 Å². The fourth-order valence-corrected chi connectivity index (χ4v) is 6.28. The number of allylic oxidation sites excluding steroid dienone is 1. The highest BCUT2D eigenvalue weighted by Crippen LogP contribution is 2.47. The van der Waals surface area contributed by atoms with E-state index >= 15 is 0 Å². The molecule has 0 spiro atoms. The minimum atomic E-state index is -2.48.